The highest BCUT2D eigenvalue weighted by molar-refractivity contribution is 5.96. The minimum Gasteiger partial charge on any atom is -0.378 e. The number of carbonyl (C=O) groups is 1. The first-order chi connectivity index (χ1) is 9.26. The molecule has 0 saturated heterocycles. The van der Waals surface area contributed by atoms with Crippen molar-refractivity contribution in [2.75, 3.05) is 6.61 Å². The normalized spacial score (nSPS) is 24.9. The van der Waals surface area contributed by atoms with E-state index >= 15 is 0 Å². The van der Waals surface area contributed by atoms with Crippen LogP contribution < -0.4 is 0 Å². The highest BCUT2D eigenvalue weighted by Gasteiger charge is 2.31. The number of fused-ring (bicyclic) bond motifs is 1. The standard InChI is InChI=1S/C17H22O2/c1-2-19-16-8-12(9-16)10-17(18)15-7-6-13-4-3-5-14(13)11-15/h6-7,11-12,16H,2-5,8-10H2,1H3. The van der Waals surface area contributed by atoms with Gasteiger partial charge in [-0.25, -0.2) is 0 Å². The molecule has 0 heterocycles. The maximum atomic E-state index is 12.3. The molecule has 1 fully saturated rings. The van der Waals surface area contributed by atoms with Crippen LogP contribution in [0.25, 0.3) is 0 Å². The number of carbonyl (C=O) groups excluding carboxylic acids is 1. The molecule has 2 heteroatoms. The minimum absolute atomic E-state index is 0.314. The zero-order valence-electron chi connectivity index (χ0n) is 11.7. The van der Waals surface area contributed by atoms with Crippen LogP contribution in [0.1, 0.15) is 54.1 Å². The molecule has 0 bridgehead atoms. The molecule has 0 radical (unpaired) electrons. The van der Waals surface area contributed by atoms with Gasteiger partial charge in [0.2, 0.25) is 0 Å². The summed E-state index contributed by atoms with van der Waals surface area (Å²) in [4.78, 5) is 12.3. The molecule has 2 aliphatic rings. The van der Waals surface area contributed by atoms with E-state index in [1.54, 1.807) is 0 Å². The van der Waals surface area contributed by atoms with Crippen LogP contribution in [0.4, 0.5) is 0 Å². The van der Waals surface area contributed by atoms with Gasteiger partial charge in [0.25, 0.3) is 0 Å². The van der Waals surface area contributed by atoms with E-state index in [2.05, 4.69) is 12.1 Å². The summed E-state index contributed by atoms with van der Waals surface area (Å²) in [5, 5.41) is 0. The Balaban J connectivity index is 1.56. The van der Waals surface area contributed by atoms with Crippen molar-refractivity contribution in [1.29, 1.82) is 0 Å². The van der Waals surface area contributed by atoms with E-state index in [1.807, 2.05) is 13.0 Å². The van der Waals surface area contributed by atoms with Crippen LogP contribution in [-0.4, -0.2) is 18.5 Å². The zero-order chi connectivity index (χ0) is 13.2. The van der Waals surface area contributed by atoms with Crippen molar-refractivity contribution in [2.45, 2.75) is 51.6 Å². The summed E-state index contributed by atoms with van der Waals surface area (Å²) in [7, 11) is 0. The molecule has 1 saturated carbocycles. The molecule has 3 rings (SSSR count). The molecule has 1 aromatic rings. The molecule has 0 aromatic heterocycles. The van der Waals surface area contributed by atoms with Crippen molar-refractivity contribution in [1.82, 2.24) is 0 Å². The van der Waals surface area contributed by atoms with Crippen molar-refractivity contribution in [3.63, 3.8) is 0 Å². The molecule has 0 unspecified atom stereocenters. The van der Waals surface area contributed by atoms with Gasteiger partial charge in [0.1, 0.15) is 0 Å². The Kier molecular flexibility index (Phi) is 3.69. The first-order valence-electron chi connectivity index (χ1n) is 7.53. The first kappa shape index (κ1) is 12.9. The van der Waals surface area contributed by atoms with Gasteiger partial charge in [-0.3, -0.25) is 4.79 Å². The van der Waals surface area contributed by atoms with E-state index < -0.39 is 0 Å². The van der Waals surface area contributed by atoms with Gasteiger partial charge in [0.05, 0.1) is 6.10 Å². The maximum Gasteiger partial charge on any atom is 0.163 e. The number of ketones is 1. The second-order valence-electron chi connectivity index (χ2n) is 5.88. The lowest BCUT2D eigenvalue weighted by atomic mass is 9.78. The Hall–Kier alpha value is -1.15. The second kappa shape index (κ2) is 5.46. The van der Waals surface area contributed by atoms with Gasteiger partial charge >= 0.3 is 0 Å². The fourth-order valence-electron chi connectivity index (χ4n) is 3.34. The van der Waals surface area contributed by atoms with Gasteiger partial charge in [-0.1, -0.05) is 12.1 Å². The van der Waals surface area contributed by atoms with E-state index in [4.69, 9.17) is 4.74 Å². The van der Waals surface area contributed by atoms with Gasteiger partial charge in [-0.05, 0) is 62.1 Å². The Morgan fingerprint density at radius 3 is 2.84 bits per heavy atom. The fraction of sp³-hybridized carbons (Fsp3) is 0.588. The van der Waals surface area contributed by atoms with Crippen LogP contribution in [0.5, 0.6) is 0 Å². The van der Waals surface area contributed by atoms with Gasteiger partial charge in [0, 0.05) is 18.6 Å². The van der Waals surface area contributed by atoms with Crippen LogP contribution in [0.15, 0.2) is 18.2 Å². The smallest absolute Gasteiger partial charge is 0.163 e. The number of aryl methyl sites for hydroxylation is 2. The van der Waals surface area contributed by atoms with E-state index in [-0.39, 0.29) is 0 Å². The van der Waals surface area contributed by atoms with Gasteiger partial charge in [-0.2, -0.15) is 0 Å². The largest absolute Gasteiger partial charge is 0.378 e. The van der Waals surface area contributed by atoms with Crippen LogP contribution in [0.2, 0.25) is 0 Å². The van der Waals surface area contributed by atoms with Crippen LogP contribution in [0.3, 0.4) is 0 Å². The molecule has 0 N–H and O–H groups in total. The topological polar surface area (TPSA) is 26.3 Å². The number of rotatable bonds is 5. The predicted molar refractivity (Wildman–Crippen MR) is 75.6 cm³/mol. The molecule has 0 aliphatic heterocycles. The third-order valence-electron chi connectivity index (χ3n) is 4.49. The highest BCUT2D eigenvalue weighted by Crippen LogP contribution is 2.34. The SMILES string of the molecule is CCOC1CC(CC(=O)c2ccc3c(c2)CCC3)C1. The summed E-state index contributed by atoms with van der Waals surface area (Å²) in [6.07, 6.45) is 6.79. The van der Waals surface area contributed by atoms with Crippen molar-refractivity contribution in [3.05, 3.63) is 34.9 Å². The van der Waals surface area contributed by atoms with Crippen LogP contribution in [-0.2, 0) is 17.6 Å². The number of hydrogen-bond acceptors (Lipinski definition) is 2. The summed E-state index contributed by atoms with van der Waals surface area (Å²) in [5.74, 6) is 0.854. The molecule has 102 valence electrons. The van der Waals surface area contributed by atoms with Crippen molar-refractivity contribution in [3.8, 4) is 0 Å². The molecular weight excluding hydrogens is 236 g/mol. The lowest BCUT2D eigenvalue weighted by Crippen LogP contribution is -2.32. The zero-order valence-corrected chi connectivity index (χ0v) is 11.7. The average molecular weight is 258 g/mol. The molecule has 0 atom stereocenters. The monoisotopic (exact) mass is 258 g/mol. The van der Waals surface area contributed by atoms with Crippen molar-refractivity contribution in [2.24, 2.45) is 5.92 Å². The Bertz CT molecular complexity index is 472. The lowest BCUT2D eigenvalue weighted by Gasteiger charge is -2.34. The Morgan fingerprint density at radius 1 is 1.26 bits per heavy atom. The number of ether oxygens (including phenoxy) is 1. The fourth-order valence-corrected chi connectivity index (χ4v) is 3.34. The summed E-state index contributed by atoms with van der Waals surface area (Å²) >= 11 is 0. The molecule has 0 amide bonds. The van der Waals surface area contributed by atoms with E-state index in [0.717, 1.165) is 31.4 Å². The third kappa shape index (κ3) is 2.74. The van der Waals surface area contributed by atoms with E-state index in [9.17, 15) is 4.79 Å². The molecular formula is C17H22O2. The first-order valence-corrected chi connectivity index (χ1v) is 7.53. The van der Waals surface area contributed by atoms with Crippen LogP contribution >= 0.6 is 0 Å². The quantitative estimate of drug-likeness (QED) is 0.755. The molecule has 0 spiro atoms. The highest BCUT2D eigenvalue weighted by atomic mass is 16.5. The number of hydrogen-bond donors (Lipinski definition) is 0. The van der Waals surface area contributed by atoms with Gasteiger partial charge in [0.15, 0.2) is 5.78 Å². The van der Waals surface area contributed by atoms with E-state index in [0.29, 0.717) is 24.2 Å². The van der Waals surface area contributed by atoms with E-state index in [1.165, 1.54) is 24.0 Å². The minimum atomic E-state index is 0.314. The van der Waals surface area contributed by atoms with Gasteiger partial charge < -0.3 is 4.74 Å². The number of Topliss-reactive ketones (excluding diaryl/α,β-unsaturated/α-hetero) is 1. The molecule has 1 aromatic carbocycles. The van der Waals surface area contributed by atoms with Gasteiger partial charge in [-0.15, -0.1) is 0 Å². The molecule has 2 nitrogen and oxygen atoms in total. The Morgan fingerprint density at radius 2 is 2.05 bits per heavy atom. The maximum absolute atomic E-state index is 12.3. The summed E-state index contributed by atoms with van der Waals surface area (Å²) in [5.41, 5.74) is 3.75. The summed E-state index contributed by atoms with van der Waals surface area (Å²) in [6, 6.07) is 6.30. The average Bonchev–Trinajstić information content (AvgIpc) is 2.83. The molecule has 19 heavy (non-hydrogen) atoms. The Labute approximate surface area is 115 Å². The third-order valence-corrected chi connectivity index (χ3v) is 4.49. The summed E-state index contributed by atoms with van der Waals surface area (Å²) < 4.78 is 5.54. The number of benzene rings is 1. The molecule has 2 aliphatic carbocycles. The summed E-state index contributed by atoms with van der Waals surface area (Å²) in [6.45, 7) is 2.82. The van der Waals surface area contributed by atoms with Crippen molar-refractivity contribution >= 4 is 5.78 Å². The predicted octanol–water partition coefficient (Wildman–Crippen LogP) is 3.56. The second-order valence-corrected chi connectivity index (χ2v) is 5.88. The van der Waals surface area contributed by atoms with Crippen molar-refractivity contribution < 1.29 is 9.53 Å². The van der Waals surface area contributed by atoms with Crippen LogP contribution in [0, 0.1) is 5.92 Å². The lowest BCUT2D eigenvalue weighted by molar-refractivity contribution is -0.0246.